The lowest BCUT2D eigenvalue weighted by Crippen LogP contribution is -2.28. The Morgan fingerprint density at radius 3 is 2.33 bits per heavy atom. The summed E-state index contributed by atoms with van der Waals surface area (Å²) in [7, 11) is -3.50. The molecule has 0 aliphatic heterocycles. The van der Waals surface area contributed by atoms with E-state index < -0.39 is 24.1 Å². The van der Waals surface area contributed by atoms with Crippen molar-refractivity contribution in [2.24, 2.45) is 0 Å². The molecule has 0 aliphatic carbocycles. The van der Waals surface area contributed by atoms with Crippen molar-refractivity contribution in [1.82, 2.24) is 4.72 Å². The molecule has 0 heterocycles. The molecule has 0 fully saturated rings. The topological polar surface area (TPSA) is 64.6 Å². The van der Waals surface area contributed by atoms with Gasteiger partial charge in [0.05, 0.1) is 18.6 Å². The van der Waals surface area contributed by atoms with E-state index in [0.29, 0.717) is 21.5 Å². The van der Waals surface area contributed by atoms with Crippen molar-refractivity contribution < 1.29 is 18.0 Å². The highest BCUT2D eigenvalue weighted by atomic mass is 32.2. The van der Waals surface area contributed by atoms with Crippen LogP contribution in [0.4, 0.5) is 0 Å². The number of hydrogen-bond acceptors (Lipinski definition) is 4. The quantitative estimate of drug-likeness (QED) is 0.475. The lowest BCUT2D eigenvalue weighted by Gasteiger charge is -2.28. The maximum Gasteiger partial charge on any atom is 0.253 e. The van der Waals surface area contributed by atoms with Gasteiger partial charge in [-0.25, -0.2) is 8.93 Å². The largest absolute Gasteiger partial charge is 0.497 e. The molecule has 0 saturated carbocycles. The van der Waals surface area contributed by atoms with Crippen LogP contribution in [-0.2, 0) is 20.1 Å². The van der Waals surface area contributed by atoms with Crippen molar-refractivity contribution in [3.05, 3.63) is 90.0 Å². The number of methoxy groups -OCH3 is 1. The summed E-state index contributed by atoms with van der Waals surface area (Å²) in [6, 6.07) is 23.7. The molecule has 5 nitrogen and oxygen atoms in total. The Bertz CT molecular complexity index is 1040. The highest BCUT2D eigenvalue weighted by Gasteiger charge is 2.38. The van der Waals surface area contributed by atoms with Crippen LogP contribution in [0.15, 0.2) is 83.8 Å². The average molecular weight is 444 g/mol. The van der Waals surface area contributed by atoms with Crippen LogP contribution < -0.4 is 14.8 Å². The van der Waals surface area contributed by atoms with Gasteiger partial charge in [-0.1, -0.05) is 48.0 Å². The minimum Gasteiger partial charge on any atom is -0.497 e. The second-order valence-electron chi connectivity index (χ2n) is 6.73. The SMILES string of the molecule is CCOP(=O)(c1ccccc1)C(NS(=O)c1ccc(C)cc1)c1cccc(OC)c1. The Labute approximate surface area is 180 Å². The van der Waals surface area contributed by atoms with Crippen molar-refractivity contribution in [3.8, 4) is 5.75 Å². The fourth-order valence-corrected chi connectivity index (χ4v) is 6.92. The molecular weight excluding hydrogens is 417 g/mol. The van der Waals surface area contributed by atoms with Gasteiger partial charge in [0.2, 0.25) is 0 Å². The lowest BCUT2D eigenvalue weighted by molar-refractivity contribution is 0.332. The number of ether oxygens (including phenoxy) is 1. The maximum atomic E-state index is 14.3. The van der Waals surface area contributed by atoms with E-state index in [1.165, 1.54) is 0 Å². The molecule has 0 aromatic heterocycles. The summed E-state index contributed by atoms with van der Waals surface area (Å²) in [5.74, 6) is -0.200. The first-order valence-electron chi connectivity index (χ1n) is 9.66. The molecule has 0 aliphatic rings. The second-order valence-corrected chi connectivity index (χ2v) is 10.5. The van der Waals surface area contributed by atoms with Crippen LogP contribution in [0, 0.1) is 6.92 Å². The molecule has 1 N–H and O–H groups in total. The van der Waals surface area contributed by atoms with E-state index in [-0.39, 0.29) is 6.61 Å². The molecule has 3 unspecified atom stereocenters. The number of benzene rings is 3. The van der Waals surface area contributed by atoms with Crippen molar-refractivity contribution in [1.29, 1.82) is 0 Å². The zero-order valence-corrected chi connectivity index (χ0v) is 19.0. The van der Waals surface area contributed by atoms with E-state index in [1.807, 2.05) is 55.5 Å². The third kappa shape index (κ3) is 5.08. The minimum absolute atomic E-state index is 0.255. The summed E-state index contributed by atoms with van der Waals surface area (Å²) >= 11 is 0. The Morgan fingerprint density at radius 2 is 1.70 bits per heavy atom. The first-order chi connectivity index (χ1) is 14.5. The van der Waals surface area contributed by atoms with Gasteiger partial charge in [0.1, 0.15) is 22.5 Å². The van der Waals surface area contributed by atoms with E-state index in [0.717, 1.165) is 5.56 Å². The van der Waals surface area contributed by atoms with Crippen molar-refractivity contribution in [2.75, 3.05) is 13.7 Å². The molecule has 30 heavy (non-hydrogen) atoms. The Morgan fingerprint density at radius 1 is 1.00 bits per heavy atom. The molecule has 158 valence electrons. The zero-order chi connectivity index (χ0) is 21.6. The molecule has 3 aromatic rings. The summed E-state index contributed by atoms with van der Waals surface area (Å²) in [5, 5.41) is 0.563. The highest BCUT2D eigenvalue weighted by molar-refractivity contribution is 7.83. The second kappa shape index (κ2) is 10.2. The van der Waals surface area contributed by atoms with Crippen LogP contribution in [0.2, 0.25) is 0 Å². The maximum absolute atomic E-state index is 14.3. The van der Waals surface area contributed by atoms with Crippen molar-refractivity contribution in [2.45, 2.75) is 24.5 Å². The normalized spacial score (nSPS) is 15.2. The molecule has 3 rings (SSSR count). The molecule has 0 saturated heterocycles. The van der Waals surface area contributed by atoms with Gasteiger partial charge in [0, 0.05) is 5.30 Å². The van der Waals surface area contributed by atoms with Gasteiger partial charge in [-0.05, 0) is 55.8 Å². The van der Waals surface area contributed by atoms with Crippen molar-refractivity contribution in [3.63, 3.8) is 0 Å². The van der Waals surface area contributed by atoms with E-state index in [4.69, 9.17) is 9.26 Å². The van der Waals surface area contributed by atoms with E-state index in [2.05, 4.69) is 4.72 Å². The van der Waals surface area contributed by atoms with Crippen LogP contribution in [0.3, 0.4) is 0 Å². The molecule has 0 spiro atoms. The number of rotatable bonds is 9. The van der Waals surface area contributed by atoms with Gasteiger partial charge in [0.15, 0.2) is 0 Å². The van der Waals surface area contributed by atoms with Crippen LogP contribution in [0.5, 0.6) is 5.75 Å². The fraction of sp³-hybridized carbons (Fsp3) is 0.217. The number of nitrogens with one attached hydrogen (secondary N) is 1. The Kier molecular flexibility index (Phi) is 7.62. The summed E-state index contributed by atoms with van der Waals surface area (Å²) < 4.78 is 41.7. The number of hydrogen-bond donors (Lipinski definition) is 1. The zero-order valence-electron chi connectivity index (χ0n) is 17.3. The lowest BCUT2D eigenvalue weighted by atomic mass is 10.2. The molecule has 0 bridgehead atoms. The first kappa shape index (κ1) is 22.4. The van der Waals surface area contributed by atoms with Gasteiger partial charge in [-0.2, -0.15) is 0 Å². The fourth-order valence-electron chi connectivity index (χ4n) is 3.10. The first-order valence-corrected chi connectivity index (χ1v) is 12.5. The molecule has 3 aromatic carbocycles. The molecular formula is C23H26NO4PS. The standard InChI is InChI=1S/C23H26NO4PS/c1-4-28-29(25,21-11-6-5-7-12-21)23(19-9-8-10-20(17-19)27-3)24-30(26)22-15-13-18(2)14-16-22/h5-17,23-24H,4H2,1-3H3. The van der Waals surface area contributed by atoms with E-state index in [9.17, 15) is 8.77 Å². The van der Waals surface area contributed by atoms with Gasteiger partial charge in [-0.15, -0.1) is 0 Å². The summed E-state index contributed by atoms with van der Waals surface area (Å²) in [4.78, 5) is 0.601. The summed E-state index contributed by atoms with van der Waals surface area (Å²) in [6.45, 7) is 4.03. The third-order valence-corrected chi connectivity index (χ3v) is 8.73. The van der Waals surface area contributed by atoms with Gasteiger partial charge in [0.25, 0.3) is 7.37 Å². The monoisotopic (exact) mass is 443 g/mol. The molecule has 7 heteroatoms. The number of aryl methyl sites for hydroxylation is 1. The predicted octanol–water partition coefficient (Wildman–Crippen LogP) is 4.95. The predicted molar refractivity (Wildman–Crippen MR) is 122 cm³/mol. The molecule has 3 atom stereocenters. The van der Waals surface area contributed by atoms with E-state index in [1.54, 1.807) is 44.4 Å². The van der Waals surface area contributed by atoms with Gasteiger partial charge >= 0.3 is 0 Å². The summed E-state index contributed by atoms with van der Waals surface area (Å²) in [5.41, 5.74) is 1.75. The average Bonchev–Trinajstić information content (AvgIpc) is 2.78. The van der Waals surface area contributed by atoms with Gasteiger partial charge < -0.3 is 9.26 Å². The minimum atomic E-state index is -3.48. The Hall–Kier alpha value is -2.24. The van der Waals surface area contributed by atoms with Crippen LogP contribution in [-0.4, -0.2) is 17.9 Å². The van der Waals surface area contributed by atoms with Crippen LogP contribution >= 0.6 is 7.37 Å². The molecule has 0 radical (unpaired) electrons. The third-order valence-electron chi connectivity index (χ3n) is 4.64. The highest BCUT2D eigenvalue weighted by Crippen LogP contribution is 2.58. The smallest absolute Gasteiger partial charge is 0.253 e. The summed E-state index contributed by atoms with van der Waals surface area (Å²) in [6.07, 6.45) is 0. The van der Waals surface area contributed by atoms with E-state index >= 15 is 0 Å². The van der Waals surface area contributed by atoms with Crippen molar-refractivity contribution >= 4 is 23.7 Å². The van der Waals surface area contributed by atoms with Crippen LogP contribution in [0.25, 0.3) is 0 Å². The van der Waals surface area contributed by atoms with Gasteiger partial charge in [-0.3, -0.25) is 4.57 Å². The van der Waals surface area contributed by atoms with Crippen LogP contribution in [0.1, 0.15) is 23.8 Å². The Balaban J connectivity index is 2.09. The molecule has 0 amide bonds.